The molecule has 8 nitrogen and oxygen atoms in total. The van der Waals surface area contributed by atoms with Crippen molar-refractivity contribution < 1.29 is 9.59 Å². The summed E-state index contributed by atoms with van der Waals surface area (Å²) in [6.07, 6.45) is 0.515. The number of amides is 2. The molecule has 4 rings (SSSR count). The number of carbonyl (C=O) groups excluding carboxylic acids is 2. The number of nitrogens with one attached hydrogen (secondary N) is 2. The Labute approximate surface area is 253 Å². The molecule has 0 spiro atoms. The van der Waals surface area contributed by atoms with Crippen LogP contribution < -0.4 is 10.6 Å². The second-order valence-electron chi connectivity index (χ2n) is 8.95. The van der Waals surface area contributed by atoms with Crippen LogP contribution in [0.1, 0.15) is 24.0 Å². The van der Waals surface area contributed by atoms with Gasteiger partial charge in [0.15, 0.2) is 0 Å². The maximum absolute atomic E-state index is 12.3. The third-order valence-corrected chi connectivity index (χ3v) is 7.99. The first-order chi connectivity index (χ1) is 20.6. The van der Waals surface area contributed by atoms with Gasteiger partial charge in [-0.3, -0.25) is 9.59 Å². The highest BCUT2D eigenvalue weighted by atomic mass is 32.2. The third kappa shape index (κ3) is 8.93. The zero-order valence-electron chi connectivity index (χ0n) is 22.7. The Morgan fingerprint density at radius 3 is 1.40 bits per heavy atom. The Kier molecular flexibility index (Phi) is 11.5. The van der Waals surface area contributed by atoms with Crippen LogP contribution in [-0.2, 0) is 9.59 Å². The van der Waals surface area contributed by atoms with Crippen molar-refractivity contribution in [1.82, 2.24) is 20.6 Å². The van der Waals surface area contributed by atoms with Crippen LogP contribution in [-0.4, -0.2) is 46.4 Å². The molecule has 0 bridgehead atoms. The summed E-state index contributed by atoms with van der Waals surface area (Å²) in [6, 6.07) is 30.9. The molecule has 2 aromatic carbocycles. The fourth-order valence-corrected chi connectivity index (χ4v) is 5.70. The molecule has 0 aliphatic heterocycles. The van der Waals surface area contributed by atoms with Gasteiger partial charge in [-0.1, -0.05) is 60.7 Å². The molecule has 0 aliphatic carbocycles. The molecule has 0 radical (unpaired) electrons. The van der Waals surface area contributed by atoms with Crippen LogP contribution in [0.4, 0.5) is 0 Å². The Balaban J connectivity index is 1.14. The summed E-state index contributed by atoms with van der Waals surface area (Å²) < 4.78 is 0. The Hall–Kier alpha value is -4.64. The van der Waals surface area contributed by atoms with E-state index >= 15 is 0 Å². The van der Waals surface area contributed by atoms with Gasteiger partial charge in [-0.05, 0) is 24.3 Å². The quantitative estimate of drug-likeness (QED) is 0.155. The zero-order chi connectivity index (χ0) is 29.6. The summed E-state index contributed by atoms with van der Waals surface area (Å²) in [6.45, 7) is 0.625. The number of carbonyl (C=O) groups is 2. The standard InChI is InChI=1S/C32H28N6O2S2/c33-21-25-11-13-27(23-7-3-1-4-8-23)37-31(25)41-19-15-29(39)35-17-18-36-30(40)16-20-42-32-26(22-34)12-14-28(38-32)24-9-5-2-6-10-24/h1-14H,15-20H2,(H,35,39)(H,36,40). The van der Waals surface area contributed by atoms with Crippen LogP contribution in [0.2, 0.25) is 0 Å². The Bertz CT molecular complexity index is 1480. The number of nitrogens with zero attached hydrogens (tertiary/aromatic N) is 4. The molecule has 2 amide bonds. The molecule has 0 saturated carbocycles. The Morgan fingerprint density at radius 2 is 1.02 bits per heavy atom. The van der Waals surface area contributed by atoms with E-state index in [4.69, 9.17) is 0 Å². The van der Waals surface area contributed by atoms with Crippen LogP contribution in [0, 0.1) is 22.7 Å². The molecule has 2 heterocycles. The number of rotatable bonds is 13. The van der Waals surface area contributed by atoms with Gasteiger partial charge in [-0.15, -0.1) is 23.5 Å². The molecule has 0 fully saturated rings. The molecule has 0 aliphatic rings. The van der Waals surface area contributed by atoms with Crippen molar-refractivity contribution in [3.63, 3.8) is 0 Å². The van der Waals surface area contributed by atoms with Gasteiger partial charge in [0.05, 0.1) is 22.5 Å². The lowest BCUT2D eigenvalue weighted by Gasteiger charge is -2.09. The van der Waals surface area contributed by atoms with E-state index in [0.29, 0.717) is 45.8 Å². The predicted molar refractivity (Wildman–Crippen MR) is 165 cm³/mol. The minimum atomic E-state index is -0.140. The van der Waals surface area contributed by atoms with Gasteiger partial charge in [0.25, 0.3) is 0 Å². The summed E-state index contributed by atoms with van der Waals surface area (Å²) in [5.74, 6) is 0.663. The highest BCUT2D eigenvalue weighted by Crippen LogP contribution is 2.27. The number of hydrogen-bond donors (Lipinski definition) is 2. The molecule has 2 aromatic heterocycles. The maximum Gasteiger partial charge on any atom is 0.220 e. The van der Waals surface area contributed by atoms with Crippen LogP contribution in [0.3, 0.4) is 0 Å². The first-order valence-electron chi connectivity index (χ1n) is 13.3. The van der Waals surface area contributed by atoms with Crippen molar-refractivity contribution in [2.75, 3.05) is 24.6 Å². The van der Waals surface area contributed by atoms with Gasteiger partial charge in [-0.25, -0.2) is 9.97 Å². The van der Waals surface area contributed by atoms with E-state index < -0.39 is 0 Å². The van der Waals surface area contributed by atoms with Crippen molar-refractivity contribution in [2.24, 2.45) is 0 Å². The number of nitriles is 2. The molecule has 0 atom stereocenters. The maximum atomic E-state index is 12.3. The molecule has 42 heavy (non-hydrogen) atoms. The minimum absolute atomic E-state index is 0.140. The Morgan fingerprint density at radius 1 is 0.619 bits per heavy atom. The molecular formula is C32H28N6O2S2. The van der Waals surface area contributed by atoms with Crippen molar-refractivity contribution in [3.05, 3.63) is 96.1 Å². The molecule has 4 aromatic rings. The lowest BCUT2D eigenvalue weighted by atomic mass is 10.1. The van der Waals surface area contributed by atoms with Crippen molar-refractivity contribution in [2.45, 2.75) is 22.9 Å². The number of hydrogen-bond acceptors (Lipinski definition) is 8. The van der Waals surface area contributed by atoms with Crippen molar-refractivity contribution in [1.29, 1.82) is 10.5 Å². The van der Waals surface area contributed by atoms with Crippen molar-refractivity contribution >= 4 is 35.3 Å². The number of benzene rings is 2. The smallest absolute Gasteiger partial charge is 0.220 e. The van der Waals surface area contributed by atoms with Gasteiger partial charge in [-0.2, -0.15) is 10.5 Å². The normalized spacial score (nSPS) is 10.3. The minimum Gasteiger partial charge on any atom is -0.354 e. The third-order valence-electron chi connectivity index (χ3n) is 6.01. The van der Waals surface area contributed by atoms with Gasteiger partial charge in [0, 0.05) is 48.6 Å². The first kappa shape index (κ1) is 30.3. The van der Waals surface area contributed by atoms with E-state index in [0.717, 1.165) is 22.5 Å². The van der Waals surface area contributed by atoms with Crippen LogP contribution in [0.15, 0.2) is 95.0 Å². The van der Waals surface area contributed by atoms with E-state index in [1.165, 1.54) is 23.5 Å². The molecule has 0 saturated heterocycles. The topological polar surface area (TPSA) is 132 Å². The van der Waals surface area contributed by atoms with Crippen LogP contribution in [0.5, 0.6) is 0 Å². The number of pyridine rings is 2. The average molecular weight is 593 g/mol. The summed E-state index contributed by atoms with van der Waals surface area (Å²) in [7, 11) is 0. The van der Waals surface area contributed by atoms with Crippen LogP contribution in [0.25, 0.3) is 22.5 Å². The summed E-state index contributed by atoms with van der Waals surface area (Å²) in [4.78, 5) is 33.8. The largest absolute Gasteiger partial charge is 0.354 e. The fraction of sp³-hybridized carbons (Fsp3) is 0.188. The first-order valence-corrected chi connectivity index (χ1v) is 15.3. The predicted octanol–water partition coefficient (Wildman–Crippen LogP) is 5.45. The SMILES string of the molecule is N#Cc1ccc(-c2ccccc2)nc1SCCC(=O)NCCNC(=O)CCSc1nc(-c2ccccc2)ccc1C#N. The summed E-state index contributed by atoms with van der Waals surface area (Å²) in [5.41, 5.74) is 4.43. The molecule has 210 valence electrons. The molecule has 10 heteroatoms. The summed E-state index contributed by atoms with van der Waals surface area (Å²) in [5, 5.41) is 25.7. The average Bonchev–Trinajstić information content (AvgIpc) is 3.04. The van der Waals surface area contributed by atoms with E-state index in [2.05, 4.69) is 32.7 Å². The van der Waals surface area contributed by atoms with E-state index in [1.54, 1.807) is 12.1 Å². The molecule has 2 N–H and O–H groups in total. The van der Waals surface area contributed by atoms with Crippen molar-refractivity contribution in [3.8, 4) is 34.7 Å². The highest BCUT2D eigenvalue weighted by molar-refractivity contribution is 7.99. The van der Waals surface area contributed by atoms with E-state index in [1.807, 2.05) is 72.8 Å². The van der Waals surface area contributed by atoms with Gasteiger partial charge >= 0.3 is 0 Å². The monoisotopic (exact) mass is 592 g/mol. The zero-order valence-corrected chi connectivity index (χ0v) is 24.4. The summed E-state index contributed by atoms with van der Waals surface area (Å²) >= 11 is 2.74. The molecular weight excluding hydrogens is 565 g/mol. The van der Waals surface area contributed by atoms with Crippen LogP contribution >= 0.6 is 23.5 Å². The lowest BCUT2D eigenvalue weighted by molar-refractivity contribution is -0.122. The highest BCUT2D eigenvalue weighted by Gasteiger charge is 2.11. The fourth-order valence-electron chi connectivity index (χ4n) is 3.87. The molecule has 0 unspecified atom stereocenters. The lowest BCUT2D eigenvalue weighted by Crippen LogP contribution is -2.34. The number of thioether (sulfide) groups is 2. The van der Waals surface area contributed by atoms with Gasteiger partial charge in [0.1, 0.15) is 22.2 Å². The second kappa shape index (κ2) is 16.0. The number of aromatic nitrogens is 2. The second-order valence-corrected chi connectivity index (χ2v) is 11.1. The van der Waals surface area contributed by atoms with E-state index in [9.17, 15) is 20.1 Å². The van der Waals surface area contributed by atoms with Gasteiger partial charge in [0.2, 0.25) is 11.8 Å². The van der Waals surface area contributed by atoms with E-state index in [-0.39, 0.29) is 24.7 Å². The van der Waals surface area contributed by atoms with Gasteiger partial charge < -0.3 is 10.6 Å².